The van der Waals surface area contributed by atoms with Gasteiger partial charge in [-0.2, -0.15) is 0 Å². The van der Waals surface area contributed by atoms with Gasteiger partial charge in [0.1, 0.15) is 17.4 Å². The zero-order chi connectivity index (χ0) is 29.9. The summed E-state index contributed by atoms with van der Waals surface area (Å²) in [7, 11) is -3.64. The maximum absolute atomic E-state index is 12.5. The molecule has 12 nitrogen and oxygen atoms in total. The zero-order valence-corrected chi connectivity index (χ0v) is 25.0. The van der Waals surface area contributed by atoms with Crippen LogP contribution in [0.3, 0.4) is 0 Å². The molecule has 3 unspecified atom stereocenters. The van der Waals surface area contributed by atoms with Gasteiger partial charge in [0, 0.05) is 68.8 Å². The molecule has 2 saturated heterocycles. The number of carbonyl (C=O) groups excluding carboxylic acids is 1. The van der Waals surface area contributed by atoms with Crippen molar-refractivity contribution < 1.29 is 27.4 Å². The molecule has 3 aromatic rings. The van der Waals surface area contributed by atoms with Crippen LogP contribution in [-0.2, 0) is 24.1 Å². The standard InChI is InChI=1S/C29H36N6O6S/c1-18-14-35(15-19(2)41-18)22-5-6-25(30-12-22)24-13-31-27(32-20(3)36)11-26(24)33-28-9-23(10-29(34-28)42(4,37)38)40-17-21-7-8-39-16-21/h5-6,9-13,18-19,21H,7-8,14-17H2,1-4H3,(H2,31,32,33,34,36). The van der Waals surface area contributed by atoms with Gasteiger partial charge >= 0.3 is 0 Å². The van der Waals surface area contributed by atoms with Crippen molar-refractivity contribution in [1.29, 1.82) is 0 Å². The smallest absolute Gasteiger partial charge is 0.222 e. The number of carbonyl (C=O) groups is 1. The maximum Gasteiger partial charge on any atom is 0.222 e. The van der Waals surface area contributed by atoms with Gasteiger partial charge in [0.05, 0.1) is 48.7 Å². The first-order valence-corrected chi connectivity index (χ1v) is 15.8. The van der Waals surface area contributed by atoms with E-state index in [2.05, 4.69) is 39.3 Å². The first kappa shape index (κ1) is 29.7. The van der Waals surface area contributed by atoms with Crippen LogP contribution >= 0.6 is 0 Å². The Morgan fingerprint density at radius 2 is 1.88 bits per heavy atom. The van der Waals surface area contributed by atoms with Crippen LogP contribution in [0.25, 0.3) is 11.3 Å². The summed E-state index contributed by atoms with van der Waals surface area (Å²) >= 11 is 0. The predicted molar refractivity (Wildman–Crippen MR) is 159 cm³/mol. The van der Waals surface area contributed by atoms with Crippen LogP contribution < -0.4 is 20.3 Å². The number of ether oxygens (including phenoxy) is 3. The highest BCUT2D eigenvalue weighted by Gasteiger charge is 2.23. The lowest BCUT2D eigenvalue weighted by Gasteiger charge is -2.36. The van der Waals surface area contributed by atoms with Gasteiger partial charge in [-0.1, -0.05) is 0 Å². The second-order valence-corrected chi connectivity index (χ2v) is 12.8. The normalized spacial score (nSPS) is 20.8. The van der Waals surface area contributed by atoms with Crippen LogP contribution in [-0.4, -0.2) is 80.7 Å². The van der Waals surface area contributed by atoms with Crippen molar-refractivity contribution in [3.63, 3.8) is 0 Å². The average molecular weight is 597 g/mol. The Morgan fingerprint density at radius 1 is 1.10 bits per heavy atom. The minimum absolute atomic E-state index is 0.116. The highest BCUT2D eigenvalue weighted by molar-refractivity contribution is 7.90. The van der Waals surface area contributed by atoms with E-state index in [0.717, 1.165) is 31.5 Å². The topological polar surface area (TPSA) is 145 Å². The third-order valence-electron chi connectivity index (χ3n) is 6.94. The van der Waals surface area contributed by atoms with Crippen LogP contribution in [0.2, 0.25) is 0 Å². The molecule has 0 aromatic carbocycles. The number of anilines is 4. The molecule has 0 aliphatic carbocycles. The molecular weight excluding hydrogens is 560 g/mol. The minimum Gasteiger partial charge on any atom is -0.493 e. The molecule has 13 heteroatoms. The number of nitrogens with zero attached hydrogens (tertiary/aromatic N) is 4. The largest absolute Gasteiger partial charge is 0.493 e. The summed E-state index contributed by atoms with van der Waals surface area (Å²) in [6.45, 7) is 8.73. The number of amides is 1. The molecule has 0 radical (unpaired) electrons. The highest BCUT2D eigenvalue weighted by atomic mass is 32.2. The summed E-state index contributed by atoms with van der Waals surface area (Å²) in [5.41, 5.74) is 2.77. The van der Waals surface area contributed by atoms with E-state index in [1.165, 1.54) is 13.0 Å². The van der Waals surface area contributed by atoms with Crippen LogP contribution in [0.15, 0.2) is 47.8 Å². The number of sulfone groups is 1. The third kappa shape index (κ3) is 7.52. The fraction of sp³-hybridized carbons (Fsp3) is 0.448. The Bertz CT molecular complexity index is 1520. The van der Waals surface area contributed by atoms with Gasteiger partial charge in [0.2, 0.25) is 5.91 Å². The Morgan fingerprint density at radius 3 is 2.52 bits per heavy atom. The van der Waals surface area contributed by atoms with Crippen LogP contribution in [0.4, 0.5) is 23.0 Å². The van der Waals surface area contributed by atoms with Crippen molar-refractivity contribution >= 4 is 38.8 Å². The first-order valence-electron chi connectivity index (χ1n) is 13.9. The summed E-state index contributed by atoms with van der Waals surface area (Å²) in [6, 6.07) is 8.62. The SMILES string of the molecule is CC(=O)Nc1cc(Nc2cc(OCC3CCOC3)cc(S(C)(=O)=O)n2)c(-c2ccc(N3CC(C)OC(C)C3)cn2)cn1. The van der Waals surface area contributed by atoms with E-state index in [0.29, 0.717) is 48.3 Å². The number of pyridine rings is 3. The molecule has 2 N–H and O–H groups in total. The Labute approximate surface area is 245 Å². The lowest BCUT2D eigenvalue weighted by atomic mass is 10.1. The summed E-state index contributed by atoms with van der Waals surface area (Å²) in [5.74, 6) is 0.903. The second kappa shape index (κ2) is 12.6. The number of rotatable bonds is 9. The number of nitrogens with one attached hydrogen (secondary N) is 2. The quantitative estimate of drug-likeness (QED) is 0.373. The average Bonchev–Trinajstić information content (AvgIpc) is 3.45. The van der Waals surface area contributed by atoms with Gasteiger partial charge in [-0.3, -0.25) is 9.78 Å². The van der Waals surface area contributed by atoms with E-state index in [4.69, 9.17) is 19.2 Å². The third-order valence-corrected chi connectivity index (χ3v) is 7.91. The minimum atomic E-state index is -3.64. The van der Waals surface area contributed by atoms with Gasteiger partial charge in [0.15, 0.2) is 14.9 Å². The van der Waals surface area contributed by atoms with Gasteiger partial charge in [-0.25, -0.2) is 18.4 Å². The fourth-order valence-electron chi connectivity index (χ4n) is 5.02. The van der Waals surface area contributed by atoms with Crippen molar-refractivity contribution in [2.24, 2.45) is 5.92 Å². The van der Waals surface area contributed by atoms with E-state index >= 15 is 0 Å². The second-order valence-electron chi connectivity index (χ2n) is 10.8. The van der Waals surface area contributed by atoms with E-state index in [-0.39, 0.29) is 34.9 Å². The number of aromatic nitrogens is 3. The van der Waals surface area contributed by atoms with E-state index in [1.807, 2.05) is 18.3 Å². The van der Waals surface area contributed by atoms with Gasteiger partial charge in [-0.15, -0.1) is 0 Å². The number of morpholine rings is 1. The molecule has 5 heterocycles. The van der Waals surface area contributed by atoms with Crippen LogP contribution in [0.1, 0.15) is 27.2 Å². The molecule has 3 aromatic heterocycles. The summed E-state index contributed by atoms with van der Waals surface area (Å²) in [4.78, 5) is 27.4. The van der Waals surface area contributed by atoms with Crippen molar-refractivity contribution in [3.05, 3.63) is 42.7 Å². The number of hydrogen-bond donors (Lipinski definition) is 2. The van der Waals surface area contributed by atoms with Crippen molar-refractivity contribution in [1.82, 2.24) is 15.0 Å². The molecular formula is C29H36N6O6S. The molecule has 2 aliphatic rings. The first-order chi connectivity index (χ1) is 20.0. The number of hydrogen-bond acceptors (Lipinski definition) is 11. The van der Waals surface area contributed by atoms with Crippen LogP contribution in [0.5, 0.6) is 5.75 Å². The van der Waals surface area contributed by atoms with Crippen molar-refractivity contribution in [2.45, 2.75) is 44.4 Å². The lowest BCUT2D eigenvalue weighted by Crippen LogP contribution is -2.45. The molecule has 2 fully saturated rings. The van der Waals surface area contributed by atoms with Gasteiger partial charge in [0.25, 0.3) is 0 Å². The zero-order valence-electron chi connectivity index (χ0n) is 24.2. The van der Waals surface area contributed by atoms with E-state index < -0.39 is 9.84 Å². The molecule has 224 valence electrons. The molecule has 1 amide bonds. The van der Waals surface area contributed by atoms with Crippen LogP contribution in [0, 0.1) is 5.92 Å². The lowest BCUT2D eigenvalue weighted by molar-refractivity contribution is -0.114. The molecule has 3 atom stereocenters. The summed E-state index contributed by atoms with van der Waals surface area (Å²) < 4.78 is 42.2. The van der Waals surface area contributed by atoms with Crippen molar-refractivity contribution in [3.8, 4) is 17.0 Å². The monoisotopic (exact) mass is 596 g/mol. The van der Waals surface area contributed by atoms with E-state index in [9.17, 15) is 13.2 Å². The Hall–Kier alpha value is -3.81. The van der Waals surface area contributed by atoms with Gasteiger partial charge in [-0.05, 0) is 32.4 Å². The fourth-order valence-corrected chi connectivity index (χ4v) is 5.61. The molecule has 0 saturated carbocycles. The summed E-state index contributed by atoms with van der Waals surface area (Å²) in [5, 5.41) is 5.78. The summed E-state index contributed by atoms with van der Waals surface area (Å²) in [6.07, 6.45) is 5.63. The Balaban J connectivity index is 1.46. The predicted octanol–water partition coefficient (Wildman–Crippen LogP) is 3.67. The highest BCUT2D eigenvalue weighted by Crippen LogP contribution is 2.33. The Kier molecular flexibility index (Phi) is 8.90. The molecule has 2 aliphatic heterocycles. The molecule has 42 heavy (non-hydrogen) atoms. The van der Waals surface area contributed by atoms with Gasteiger partial charge < -0.3 is 29.7 Å². The molecule has 5 rings (SSSR count). The maximum atomic E-state index is 12.5. The van der Waals surface area contributed by atoms with E-state index in [1.54, 1.807) is 18.3 Å². The molecule has 0 spiro atoms. The molecule has 0 bridgehead atoms. The van der Waals surface area contributed by atoms with Crippen molar-refractivity contribution in [2.75, 3.05) is 54.7 Å².